The van der Waals surface area contributed by atoms with Crippen molar-refractivity contribution < 1.29 is 9.13 Å². The maximum atomic E-state index is 13.3. The molecule has 1 N–H and O–H groups in total. The zero-order chi connectivity index (χ0) is 15.5. The fourth-order valence-corrected chi connectivity index (χ4v) is 2.45. The van der Waals surface area contributed by atoms with Crippen LogP contribution < -0.4 is 10.1 Å². The maximum absolute atomic E-state index is 13.3. The highest BCUT2D eigenvalue weighted by atomic mass is 19.1. The van der Waals surface area contributed by atoms with Gasteiger partial charge >= 0.3 is 0 Å². The zero-order valence-corrected chi connectivity index (χ0v) is 12.6. The van der Waals surface area contributed by atoms with Crippen molar-refractivity contribution in [2.45, 2.75) is 13.5 Å². The first-order valence-corrected chi connectivity index (χ1v) is 7.09. The van der Waals surface area contributed by atoms with Gasteiger partial charge < -0.3 is 10.1 Å². The summed E-state index contributed by atoms with van der Waals surface area (Å²) >= 11 is 0. The summed E-state index contributed by atoms with van der Waals surface area (Å²) in [5.41, 5.74) is 3.69. The number of benzene rings is 2. The number of pyridine rings is 1. The Bertz CT molecular complexity index is 817. The minimum Gasteiger partial charge on any atom is -0.497 e. The molecule has 3 rings (SSSR count). The Morgan fingerprint density at radius 3 is 2.77 bits per heavy atom. The lowest BCUT2D eigenvalue weighted by atomic mass is 10.1. The van der Waals surface area contributed by atoms with Gasteiger partial charge in [0.1, 0.15) is 11.6 Å². The number of ether oxygens (including phenoxy) is 1. The van der Waals surface area contributed by atoms with Crippen LogP contribution in [-0.2, 0) is 6.54 Å². The second kappa shape index (κ2) is 6.02. The topological polar surface area (TPSA) is 34.1 Å². The molecule has 0 bridgehead atoms. The van der Waals surface area contributed by atoms with E-state index in [0.717, 1.165) is 33.6 Å². The number of fused-ring (bicyclic) bond motifs is 1. The van der Waals surface area contributed by atoms with Gasteiger partial charge in [0.15, 0.2) is 0 Å². The van der Waals surface area contributed by atoms with E-state index in [1.807, 2.05) is 37.3 Å². The molecule has 112 valence electrons. The summed E-state index contributed by atoms with van der Waals surface area (Å²) in [7, 11) is 1.64. The lowest BCUT2D eigenvalue weighted by Gasteiger charge is -2.12. The molecule has 0 atom stereocenters. The summed E-state index contributed by atoms with van der Waals surface area (Å²) in [4.78, 5) is 4.53. The molecule has 0 fully saturated rings. The van der Waals surface area contributed by atoms with E-state index in [1.165, 1.54) is 12.1 Å². The summed E-state index contributed by atoms with van der Waals surface area (Å²) < 4.78 is 18.5. The third-order valence-corrected chi connectivity index (χ3v) is 3.52. The molecule has 1 heterocycles. The van der Waals surface area contributed by atoms with E-state index in [4.69, 9.17) is 4.74 Å². The van der Waals surface area contributed by atoms with Crippen LogP contribution in [0.2, 0.25) is 0 Å². The van der Waals surface area contributed by atoms with Crippen LogP contribution in [0.5, 0.6) is 5.75 Å². The molecular formula is C18H17FN2O. The molecule has 0 unspecified atom stereocenters. The largest absolute Gasteiger partial charge is 0.497 e. The molecule has 2 aromatic carbocycles. The van der Waals surface area contributed by atoms with Crippen LogP contribution in [0.15, 0.2) is 48.5 Å². The molecule has 4 heteroatoms. The standard InChI is InChI=1S/C18H17FN2O/c1-12-8-18(20-11-13-4-3-5-14(19)9-13)16-10-15(22-2)6-7-17(16)21-12/h3-10H,11H2,1-2H3,(H,20,21). The van der Waals surface area contributed by atoms with Crippen molar-refractivity contribution in [2.75, 3.05) is 12.4 Å². The molecule has 3 aromatic rings. The van der Waals surface area contributed by atoms with Gasteiger partial charge in [-0.15, -0.1) is 0 Å². The molecule has 0 aliphatic heterocycles. The van der Waals surface area contributed by atoms with Crippen LogP contribution in [0.1, 0.15) is 11.3 Å². The number of rotatable bonds is 4. The molecule has 0 aliphatic carbocycles. The highest BCUT2D eigenvalue weighted by molar-refractivity contribution is 5.92. The Hall–Kier alpha value is -2.62. The van der Waals surface area contributed by atoms with Gasteiger partial charge in [-0.1, -0.05) is 12.1 Å². The Labute approximate surface area is 128 Å². The number of nitrogens with zero attached hydrogens (tertiary/aromatic N) is 1. The van der Waals surface area contributed by atoms with Gasteiger partial charge in [-0.25, -0.2) is 4.39 Å². The SMILES string of the molecule is COc1ccc2nc(C)cc(NCc3cccc(F)c3)c2c1. The first-order chi connectivity index (χ1) is 10.7. The lowest BCUT2D eigenvalue weighted by Crippen LogP contribution is -2.02. The highest BCUT2D eigenvalue weighted by Crippen LogP contribution is 2.27. The third kappa shape index (κ3) is 3.01. The Morgan fingerprint density at radius 2 is 2.00 bits per heavy atom. The van der Waals surface area contributed by atoms with Crippen molar-refractivity contribution >= 4 is 16.6 Å². The van der Waals surface area contributed by atoms with Gasteiger partial charge in [0.25, 0.3) is 0 Å². The Balaban J connectivity index is 1.95. The van der Waals surface area contributed by atoms with Gasteiger partial charge in [-0.2, -0.15) is 0 Å². The minimum atomic E-state index is -0.225. The molecular weight excluding hydrogens is 279 g/mol. The van der Waals surface area contributed by atoms with Gasteiger partial charge in [0, 0.05) is 23.3 Å². The summed E-state index contributed by atoms with van der Waals surface area (Å²) in [6.45, 7) is 2.50. The molecule has 22 heavy (non-hydrogen) atoms. The number of anilines is 1. The molecule has 0 radical (unpaired) electrons. The van der Waals surface area contributed by atoms with Crippen LogP contribution in [0.3, 0.4) is 0 Å². The lowest BCUT2D eigenvalue weighted by molar-refractivity contribution is 0.415. The smallest absolute Gasteiger partial charge is 0.123 e. The van der Waals surface area contributed by atoms with E-state index >= 15 is 0 Å². The summed E-state index contributed by atoms with van der Waals surface area (Å²) in [5.74, 6) is 0.559. The summed E-state index contributed by atoms with van der Waals surface area (Å²) in [6, 6.07) is 14.4. The fourth-order valence-electron chi connectivity index (χ4n) is 2.45. The van der Waals surface area contributed by atoms with Crippen LogP contribution in [0.25, 0.3) is 10.9 Å². The molecule has 0 aliphatic rings. The van der Waals surface area contributed by atoms with E-state index in [-0.39, 0.29) is 5.82 Å². The molecule has 1 aromatic heterocycles. The first kappa shape index (κ1) is 14.3. The number of aromatic nitrogens is 1. The predicted octanol–water partition coefficient (Wildman–Crippen LogP) is 4.30. The minimum absolute atomic E-state index is 0.225. The van der Waals surface area contributed by atoms with Crippen LogP contribution in [0, 0.1) is 12.7 Å². The Kier molecular flexibility index (Phi) is 3.92. The molecule has 0 spiro atoms. The normalized spacial score (nSPS) is 10.7. The summed E-state index contributed by atoms with van der Waals surface area (Å²) in [6.07, 6.45) is 0. The predicted molar refractivity (Wildman–Crippen MR) is 86.8 cm³/mol. The number of halogens is 1. The van der Waals surface area contributed by atoms with E-state index in [2.05, 4.69) is 10.3 Å². The van der Waals surface area contributed by atoms with Crippen LogP contribution in [-0.4, -0.2) is 12.1 Å². The maximum Gasteiger partial charge on any atom is 0.123 e. The van der Waals surface area contributed by atoms with Crippen molar-refractivity contribution in [1.82, 2.24) is 4.98 Å². The van der Waals surface area contributed by atoms with Crippen LogP contribution >= 0.6 is 0 Å². The quantitative estimate of drug-likeness (QED) is 0.779. The number of hydrogen-bond donors (Lipinski definition) is 1. The van der Waals surface area contributed by atoms with E-state index < -0.39 is 0 Å². The number of aryl methyl sites for hydroxylation is 1. The average Bonchev–Trinajstić information content (AvgIpc) is 2.52. The van der Waals surface area contributed by atoms with Crippen molar-refractivity contribution in [3.63, 3.8) is 0 Å². The van der Waals surface area contributed by atoms with Crippen molar-refractivity contribution in [3.05, 3.63) is 65.6 Å². The van der Waals surface area contributed by atoms with Crippen molar-refractivity contribution in [1.29, 1.82) is 0 Å². The van der Waals surface area contributed by atoms with E-state index in [9.17, 15) is 4.39 Å². The van der Waals surface area contributed by atoms with Gasteiger partial charge in [-0.3, -0.25) is 4.98 Å². The molecule has 0 amide bonds. The van der Waals surface area contributed by atoms with Crippen molar-refractivity contribution in [3.8, 4) is 5.75 Å². The highest BCUT2D eigenvalue weighted by Gasteiger charge is 2.06. The van der Waals surface area contributed by atoms with Gasteiger partial charge in [-0.05, 0) is 48.9 Å². The number of nitrogens with one attached hydrogen (secondary N) is 1. The first-order valence-electron chi connectivity index (χ1n) is 7.09. The number of hydrogen-bond acceptors (Lipinski definition) is 3. The molecule has 0 saturated carbocycles. The Morgan fingerprint density at radius 1 is 1.14 bits per heavy atom. The molecule has 0 saturated heterocycles. The monoisotopic (exact) mass is 296 g/mol. The van der Waals surface area contributed by atoms with Gasteiger partial charge in [0.05, 0.1) is 12.6 Å². The average molecular weight is 296 g/mol. The fraction of sp³-hybridized carbons (Fsp3) is 0.167. The van der Waals surface area contributed by atoms with Gasteiger partial charge in [0.2, 0.25) is 0 Å². The second-order valence-corrected chi connectivity index (χ2v) is 5.18. The molecule has 3 nitrogen and oxygen atoms in total. The van der Waals surface area contributed by atoms with E-state index in [0.29, 0.717) is 6.54 Å². The second-order valence-electron chi connectivity index (χ2n) is 5.18. The summed E-state index contributed by atoms with van der Waals surface area (Å²) in [5, 5.41) is 4.35. The van der Waals surface area contributed by atoms with E-state index in [1.54, 1.807) is 13.2 Å². The van der Waals surface area contributed by atoms with Crippen LogP contribution in [0.4, 0.5) is 10.1 Å². The third-order valence-electron chi connectivity index (χ3n) is 3.52. The van der Waals surface area contributed by atoms with Crippen molar-refractivity contribution in [2.24, 2.45) is 0 Å². The zero-order valence-electron chi connectivity index (χ0n) is 12.6. The number of methoxy groups -OCH3 is 1.